The van der Waals surface area contributed by atoms with Crippen molar-refractivity contribution in [2.24, 2.45) is 0 Å². The summed E-state index contributed by atoms with van der Waals surface area (Å²) in [6.07, 6.45) is 2.12. The molecule has 0 saturated carbocycles. The van der Waals surface area contributed by atoms with E-state index in [0.29, 0.717) is 57.2 Å². The van der Waals surface area contributed by atoms with Crippen molar-refractivity contribution >= 4 is 51.8 Å². The molecule has 12 nitrogen and oxygen atoms in total. The quantitative estimate of drug-likeness (QED) is 0.180. The number of anilines is 2. The third-order valence-corrected chi connectivity index (χ3v) is 6.23. The zero-order chi connectivity index (χ0) is 24.2. The number of unbranched alkanes of at least 4 members (excludes halogenated alkanes) is 1. The number of aromatic amines is 1. The number of aromatic hydroxyl groups is 1. The fourth-order valence-electron chi connectivity index (χ4n) is 3.42. The molecule has 0 unspecified atom stereocenters. The van der Waals surface area contributed by atoms with E-state index in [4.69, 9.17) is 4.52 Å². The number of carbonyl (C=O) groups excluding carboxylic acids is 1. The van der Waals surface area contributed by atoms with E-state index in [1.807, 2.05) is 6.07 Å². The average Bonchev–Trinajstić information content (AvgIpc) is 3.60. The molecule has 0 saturated heterocycles. The molecule has 35 heavy (non-hydrogen) atoms. The number of aromatic nitrogens is 7. The van der Waals surface area contributed by atoms with Crippen LogP contribution in [-0.2, 0) is 6.42 Å². The van der Waals surface area contributed by atoms with E-state index in [1.54, 1.807) is 35.2 Å². The van der Waals surface area contributed by atoms with E-state index in [9.17, 15) is 9.90 Å². The minimum atomic E-state index is -0.322. The first kappa shape index (κ1) is 22.7. The van der Waals surface area contributed by atoms with Gasteiger partial charge in [0.25, 0.3) is 5.88 Å². The zero-order valence-corrected chi connectivity index (χ0v) is 19.8. The molecule has 1 aromatic carbocycles. The van der Waals surface area contributed by atoms with Crippen molar-refractivity contribution < 1.29 is 14.4 Å². The Balaban J connectivity index is 1.31. The molecule has 3 N–H and O–H groups in total. The molecule has 0 aliphatic carbocycles. The molecule has 14 heteroatoms. The van der Waals surface area contributed by atoms with Gasteiger partial charge >= 0.3 is 6.03 Å². The van der Waals surface area contributed by atoms with Crippen LogP contribution in [0.3, 0.4) is 0 Å². The number of carbonyl (C=O) groups is 1. The number of fused-ring (bicyclic) bond motifs is 1. The maximum absolute atomic E-state index is 13.3. The number of H-pyrrole nitrogens is 1. The summed E-state index contributed by atoms with van der Waals surface area (Å²) in [7, 11) is 0. The molecule has 178 valence electrons. The summed E-state index contributed by atoms with van der Waals surface area (Å²) in [5.74, 6) is 1.38. The predicted molar refractivity (Wildman–Crippen MR) is 132 cm³/mol. The van der Waals surface area contributed by atoms with E-state index in [-0.39, 0.29) is 11.9 Å². The summed E-state index contributed by atoms with van der Waals surface area (Å²) < 4.78 is 5.67. The maximum atomic E-state index is 13.3. The molecular weight excluding hydrogens is 490 g/mol. The van der Waals surface area contributed by atoms with Crippen LogP contribution in [-0.4, -0.2) is 53.4 Å². The molecule has 0 aliphatic rings. The van der Waals surface area contributed by atoms with Gasteiger partial charge in [-0.05, 0) is 54.4 Å². The number of thiol groups is 1. The fraction of sp³-hybridized carbons (Fsp3) is 0.190. The van der Waals surface area contributed by atoms with Gasteiger partial charge in [-0.3, -0.25) is 4.90 Å². The van der Waals surface area contributed by atoms with Gasteiger partial charge in [0.1, 0.15) is 20.5 Å². The van der Waals surface area contributed by atoms with Gasteiger partial charge in [-0.15, -0.1) is 22.8 Å². The van der Waals surface area contributed by atoms with Crippen molar-refractivity contribution in [2.45, 2.75) is 23.6 Å². The number of hydrogen-bond donors (Lipinski definition) is 4. The Morgan fingerprint density at radius 2 is 2.03 bits per heavy atom. The van der Waals surface area contributed by atoms with Crippen LogP contribution in [0.4, 0.5) is 16.3 Å². The highest BCUT2D eigenvalue weighted by molar-refractivity contribution is 7.82. The second-order valence-electron chi connectivity index (χ2n) is 7.48. The highest BCUT2D eigenvalue weighted by Crippen LogP contribution is 2.27. The van der Waals surface area contributed by atoms with Gasteiger partial charge in [0.2, 0.25) is 0 Å². The summed E-state index contributed by atoms with van der Waals surface area (Å²) in [4.78, 5) is 24.5. The number of aryl methyl sites for hydroxylation is 1. The molecule has 5 aromatic rings. The van der Waals surface area contributed by atoms with Gasteiger partial charge in [0.05, 0.1) is 0 Å². The van der Waals surface area contributed by atoms with E-state index < -0.39 is 0 Å². The first-order chi connectivity index (χ1) is 17.0. The normalized spacial score (nSPS) is 11.1. The number of nitrogens with zero attached hydrogens (tertiary/aromatic N) is 7. The largest absolute Gasteiger partial charge is 0.491 e. The Morgan fingerprint density at radius 3 is 2.77 bits per heavy atom. The highest BCUT2D eigenvalue weighted by Gasteiger charge is 2.19. The molecule has 2 amide bonds. The predicted octanol–water partition coefficient (Wildman–Crippen LogP) is 3.92. The Kier molecular flexibility index (Phi) is 6.54. The lowest BCUT2D eigenvalue weighted by Crippen LogP contribution is -2.36. The van der Waals surface area contributed by atoms with Crippen LogP contribution in [0.2, 0.25) is 0 Å². The number of amides is 2. The molecule has 0 aliphatic heterocycles. The molecule has 0 fully saturated rings. The van der Waals surface area contributed by atoms with Crippen LogP contribution < -0.4 is 10.2 Å². The van der Waals surface area contributed by atoms with Crippen molar-refractivity contribution in [2.75, 3.05) is 16.8 Å². The zero-order valence-electron chi connectivity index (χ0n) is 18.1. The van der Waals surface area contributed by atoms with Crippen LogP contribution >= 0.6 is 24.0 Å². The first-order valence-corrected chi connectivity index (χ1v) is 11.8. The van der Waals surface area contributed by atoms with E-state index in [0.717, 1.165) is 11.9 Å². The Labute approximate surface area is 207 Å². The monoisotopic (exact) mass is 509 g/mol. The number of tetrazole rings is 1. The van der Waals surface area contributed by atoms with E-state index in [2.05, 4.69) is 53.7 Å². The Bertz CT molecular complexity index is 1430. The molecule has 0 bridgehead atoms. The van der Waals surface area contributed by atoms with Crippen LogP contribution in [0, 0.1) is 0 Å². The standard InChI is InChI=1S/C21H19N9O3S2/c31-18-11-15(33-27-18)12-4-6-13(7-5-12)22-20(32)30(10-2-1-3-16-25-28-29-26-16)17-9-8-14-19(24-17)35-21(34)23-14/h4-9,11H,1-3,10H2,(H,22,32)(H,23,34)(H,27,31)(H,25,26,28,29). The number of rotatable bonds is 8. The van der Waals surface area contributed by atoms with Gasteiger partial charge < -0.3 is 14.9 Å². The SMILES string of the molecule is O=C(Nc1ccc(-c2cc(O)no2)cc1)N(CCCCc1nn[nH]n1)c1ccc2nc(S)sc2n1. The topological polar surface area (TPSA) is 159 Å². The number of benzene rings is 1. The lowest BCUT2D eigenvalue weighted by Gasteiger charge is -2.22. The van der Waals surface area contributed by atoms with E-state index >= 15 is 0 Å². The molecule has 0 atom stereocenters. The summed E-state index contributed by atoms with van der Waals surface area (Å²) in [6, 6.07) is 11.7. The summed E-state index contributed by atoms with van der Waals surface area (Å²) >= 11 is 5.65. The first-order valence-electron chi connectivity index (χ1n) is 10.6. The van der Waals surface area contributed by atoms with Crippen LogP contribution in [0.15, 0.2) is 51.3 Å². The van der Waals surface area contributed by atoms with Gasteiger partial charge in [-0.2, -0.15) is 5.21 Å². The highest BCUT2D eigenvalue weighted by atomic mass is 32.2. The molecular formula is C21H19N9O3S2. The fourth-order valence-corrected chi connectivity index (χ4v) is 4.46. The molecule has 4 heterocycles. The van der Waals surface area contributed by atoms with Crippen LogP contribution in [0.5, 0.6) is 5.88 Å². The van der Waals surface area contributed by atoms with Crippen molar-refractivity contribution in [3.8, 4) is 17.2 Å². The lowest BCUT2D eigenvalue weighted by atomic mass is 10.1. The second kappa shape index (κ2) is 10.1. The van der Waals surface area contributed by atoms with Crippen molar-refractivity contribution in [3.05, 3.63) is 48.3 Å². The van der Waals surface area contributed by atoms with Crippen molar-refractivity contribution in [3.63, 3.8) is 0 Å². The molecule has 0 radical (unpaired) electrons. The third kappa shape index (κ3) is 5.38. The molecule has 0 spiro atoms. The Hall–Kier alpha value is -4.04. The lowest BCUT2D eigenvalue weighted by molar-refractivity contribution is 0.256. The number of nitrogens with one attached hydrogen (secondary N) is 2. The van der Waals surface area contributed by atoms with Gasteiger partial charge in [-0.25, -0.2) is 14.8 Å². The summed E-state index contributed by atoms with van der Waals surface area (Å²) in [5.41, 5.74) is 2.04. The van der Waals surface area contributed by atoms with Crippen LogP contribution in [0.25, 0.3) is 21.7 Å². The number of hydrogen-bond acceptors (Lipinski definition) is 11. The third-order valence-electron chi connectivity index (χ3n) is 5.09. The summed E-state index contributed by atoms with van der Waals surface area (Å²) in [6.45, 7) is 0.435. The number of pyridine rings is 1. The molecule has 5 rings (SSSR count). The van der Waals surface area contributed by atoms with Crippen LogP contribution in [0.1, 0.15) is 18.7 Å². The van der Waals surface area contributed by atoms with E-state index in [1.165, 1.54) is 17.4 Å². The minimum Gasteiger partial charge on any atom is -0.491 e. The minimum absolute atomic E-state index is 0.192. The number of thiazole rings is 1. The number of urea groups is 1. The van der Waals surface area contributed by atoms with Gasteiger partial charge in [-0.1, -0.05) is 16.6 Å². The van der Waals surface area contributed by atoms with Crippen molar-refractivity contribution in [1.29, 1.82) is 0 Å². The smallest absolute Gasteiger partial charge is 0.327 e. The Morgan fingerprint density at radius 1 is 1.17 bits per heavy atom. The van der Waals surface area contributed by atoms with Crippen molar-refractivity contribution in [1.82, 2.24) is 35.7 Å². The van der Waals surface area contributed by atoms with Gasteiger partial charge in [0, 0.05) is 30.3 Å². The maximum Gasteiger partial charge on any atom is 0.327 e. The van der Waals surface area contributed by atoms with Gasteiger partial charge in [0.15, 0.2) is 11.6 Å². The summed E-state index contributed by atoms with van der Waals surface area (Å²) in [5, 5.41) is 29.7. The molecule has 4 aromatic heterocycles. The second-order valence-corrected chi connectivity index (χ2v) is 9.19. The average molecular weight is 510 g/mol.